The number of esters is 1. The molecule has 0 aliphatic rings. The van der Waals surface area contributed by atoms with Crippen molar-refractivity contribution in [1.82, 2.24) is 5.32 Å². The van der Waals surface area contributed by atoms with Crippen LogP contribution >= 0.6 is 0 Å². The predicted molar refractivity (Wildman–Crippen MR) is 61.2 cm³/mol. The van der Waals surface area contributed by atoms with Gasteiger partial charge in [-0.05, 0) is 13.8 Å². The molecule has 0 aliphatic carbocycles. The Hall–Kier alpha value is -0.650. The SMILES string of the molecule is COCCC(C)(O)CNC(C)CC(=O)OC. The van der Waals surface area contributed by atoms with Crippen LogP contribution < -0.4 is 5.32 Å². The molecule has 0 aromatic heterocycles. The average molecular weight is 233 g/mol. The van der Waals surface area contributed by atoms with Gasteiger partial charge in [-0.1, -0.05) is 0 Å². The lowest BCUT2D eigenvalue weighted by atomic mass is 10.0. The van der Waals surface area contributed by atoms with Crippen molar-refractivity contribution in [3.8, 4) is 0 Å². The van der Waals surface area contributed by atoms with Gasteiger partial charge in [0.1, 0.15) is 0 Å². The molecule has 0 saturated heterocycles. The van der Waals surface area contributed by atoms with E-state index in [1.54, 1.807) is 14.0 Å². The fourth-order valence-corrected chi connectivity index (χ4v) is 1.21. The van der Waals surface area contributed by atoms with Crippen LogP contribution in [0.25, 0.3) is 0 Å². The second-order valence-electron chi connectivity index (χ2n) is 4.30. The summed E-state index contributed by atoms with van der Waals surface area (Å²) in [4.78, 5) is 11.0. The highest BCUT2D eigenvalue weighted by molar-refractivity contribution is 5.69. The molecular weight excluding hydrogens is 210 g/mol. The monoisotopic (exact) mass is 233 g/mol. The Morgan fingerprint density at radius 1 is 1.50 bits per heavy atom. The lowest BCUT2D eigenvalue weighted by molar-refractivity contribution is -0.141. The molecule has 0 aromatic carbocycles. The van der Waals surface area contributed by atoms with Gasteiger partial charge in [0, 0.05) is 32.7 Å². The van der Waals surface area contributed by atoms with E-state index in [4.69, 9.17) is 4.74 Å². The fraction of sp³-hybridized carbons (Fsp3) is 0.909. The van der Waals surface area contributed by atoms with Crippen LogP contribution in [0.2, 0.25) is 0 Å². The van der Waals surface area contributed by atoms with Gasteiger partial charge in [0.05, 0.1) is 19.1 Å². The molecule has 0 bridgehead atoms. The normalized spacial score (nSPS) is 16.6. The molecule has 0 heterocycles. The van der Waals surface area contributed by atoms with Crippen LogP contribution in [0.5, 0.6) is 0 Å². The Labute approximate surface area is 97.1 Å². The molecule has 0 rings (SSSR count). The zero-order valence-electron chi connectivity index (χ0n) is 10.6. The summed E-state index contributed by atoms with van der Waals surface area (Å²) in [5, 5.41) is 13.0. The summed E-state index contributed by atoms with van der Waals surface area (Å²) >= 11 is 0. The van der Waals surface area contributed by atoms with Gasteiger partial charge < -0.3 is 19.9 Å². The van der Waals surface area contributed by atoms with E-state index in [-0.39, 0.29) is 12.0 Å². The second-order valence-corrected chi connectivity index (χ2v) is 4.30. The lowest BCUT2D eigenvalue weighted by Crippen LogP contribution is -2.43. The maximum Gasteiger partial charge on any atom is 0.307 e. The summed E-state index contributed by atoms with van der Waals surface area (Å²) in [6.45, 7) is 4.56. The molecule has 5 nitrogen and oxygen atoms in total. The van der Waals surface area contributed by atoms with Crippen molar-refractivity contribution >= 4 is 5.97 Å². The molecule has 0 spiro atoms. The van der Waals surface area contributed by atoms with Crippen LogP contribution in [0, 0.1) is 0 Å². The van der Waals surface area contributed by atoms with Crippen LogP contribution in [0.15, 0.2) is 0 Å². The van der Waals surface area contributed by atoms with Crippen molar-refractivity contribution in [2.45, 2.75) is 38.3 Å². The molecule has 0 aliphatic heterocycles. The first-order valence-corrected chi connectivity index (χ1v) is 5.43. The summed E-state index contributed by atoms with van der Waals surface area (Å²) in [6, 6.07) is -0.0125. The minimum atomic E-state index is -0.819. The zero-order valence-corrected chi connectivity index (χ0v) is 10.6. The summed E-state index contributed by atoms with van der Waals surface area (Å²) in [7, 11) is 2.97. The van der Waals surface area contributed by atoms with E-state index in [2.05, 4.69) is 10.1 Å². The molecule has 0 aromatic rings. The average Bonchev–Trinajstić information content (AvgIpc) is 2.24. The molecule has 0 radical (unpaired) electrons. The topological polar surface area (TPSA) is 67.8 Å². The number of aliphatic hydroxyl groups is 1. The molecule has 0 fully saturated rings. The van der Waals surface area contributed by atoms with Crippen LogP contribution in [0.4, 0.5) is 0 Å². The Kier molecular flexibility index (Phi) is 7.29. The van der Waals surface area contributed by atoms with Gasteiger partial charge in [0.25, 0.3) is 0 Å². The third kappa shape index (κ3) is 7.62. The highest BCUT2D eigenvalue weighted by Crippen LogP contribution is 2.08. The van der Waals surface area contributed by atoms with Crippen molar-refractivity contribution in [2.24, 2.45) is 0 Å². The standard InChI is InChI=1S/C11H23NO4/c1-9(7-10(13)16-4)12-8-11(2,14)5-6-15-3/h9,12,14H,5-8H2,1-4H3. The van der Waals surface area contributed by atoms with Crippen molar-refractivity contribution in [2.75, 3.05) is 27.4 Å². The van der Waals surface area contributed by atoms with Gasteiger partial charge in [-0.3, -0.25) is 4.79 Å². The van der Waals surface area contributed by atoms with Gasteiger partial charge >= 0.3 is 5.97 Å². The summed E-state index contributed by atoms with van der Waals surface area (Å²) in [5.41, 5.74) is -0.819. The van der Waals surface area contributed by atoms with E-state index in [9.17, 15) is 9.90 Å². The first kappa shape index (κ1) is 15.3. The number of hydrogen-bond acceptors (Lipinski definition) is 5. The summed E-state index contributed by atoms with van der Waals surface area (Å²) < 4.78 is 9.46. The summed E-state index contributed by atoms with van der Waals surface area (Å²) in [5.74, 6) is -0.253. The van der Waals surface area contributed by atoms with E-state index in [1.807, 2.05) is 6.92 Å². The van der Waals surface area contributed by atoms with Gasteiger partial charge in [0.2, 0.25) is 0 Å². The Balaban J connectivity index is 3.80. The molecule has 0 amide bonds. The van der Waals surface area contributed by atoms with Crippen molar-refractivity contribution in [3.05, 3.63) is 0 Å². The molecule has 96 valence electrons. The number of carbonyl (C=O) groups is 1. The number of methoxy groups -OCH3 is 2. The number of hydrogen-bond donors (Lipinski definition) is 2. The minimum absolute atomic E-state index is 0.0125. The van der Waals surface area contributed by atoms with Gasteiger partial charge in [0.15, 0.2) is 0 Å². The number of nitrogens with one attached hydrogen (secondary N) is 1. The lowest BCUT2D eigenvalue weighted by Gasteiger charge is -2.25. The molecule has 2 unspecified atom stereocenters. The highest BCUT2D eigenvalue weighted by Gasteiger charge is 2.21. The molecule has 2 atom stereocenters. The molecule has 16 heavy (non-hydrogen) atoms. The largest absolute Gasteiger partial charge is 0.469 e. The zero-order chi connectivity index (χ0) is 12.6. The van der Waals surface area contributed by atoms with Crippen LogP contribution in [-0.2, 0) is 14.3 Å². The van der Waals surface area contributed by atoms with E-state index in [1.165, 1.54) is 7.11 Å². The van der Waals surface area contributed by atoms with E-state index < -0.39 is 5.60 Å². The van der Waals surface area contributed by atoms with E-state index >= 15 is 0 Å². The Morgan fingerprint density at radius 2 is 2.12 bits per heavy atom. The number of ether oxygens (including phenoxy) is 2. The molecular formula is C11H23NO4. The van der Waals surface area contributed by atoms with Crippen LogP contribution in [0.3, 0.4) is 0 Å². The molecule has 2 N–H and O–H groups in total. The van der Waals surface area contributed by atoms with Crippen molar-refractivity contribution in [1.29, 1.82) is 0 Å². The highest BCUT2D eigenvalue weighted by atomic mass is 16.5. The maximum atomic E-state index is 11.0. The molecule has 0 saturated carbocycles. The van der Waals surface area contributed by atoms with E-state index in [0.29, 0.717) is 26.0 Å². The number of rotatable bonds is 8. The first-order chi connectivity index (χ1) is 7.41. The Morgan fingerprint density at radius 3 is 2.62 bits per heavy atom. The first-order valence-electron chi connectivity index (χ1n) is 5.43. The number of carbonyl (C=O) groups excluding carboxylic acids is 1. The van der Waals surface area contributed by atoms with E-state index in [0.717, 1.165) is 0 Å². The smallest absolute Gasteiger partial charge is 0.307 e. The van der Waals surface area contributed by atoms with Crippen molar-refractivity contribution < 1.29 is 19.4 Å². The summed E-state index contributed by atoms with van der Waals surface area (Å²) in [6.07, 6.45) is 0.859. The Bertz CT molecular complexity index is 206. The van der Waals surface area contributed by atoms with Gasteiger partial charge in [-0.25, -0.2) is 0 Å². The van der Waals surface area contributed by atoms with Crippen LogP contribution in [0.1, 0.15) is 26.7 Å². The molecule has 5 heteroatoms. The van der Waals surface area contributed by atoms with Gasteiger partial charge in [-0.15, -0.1) is 0 Å². The minimum Gasteiger partial charge on any atom is -0.469 e. The van der Waals surface area contributed by atoms with Gasteiger partial charge in [-0.2, -0.15) is 0 Å². The third-order valence-corrected chi connectivity index (χ3v) is 2.38. The third-order valence-electron chi connectivity index (χ3n) is 2.38. The van der Waals surface area contributed by atoms with Crippen molar-refractivity contribution in [3.63, 3.8) is 0 Å². The maximum absolute atomic E-state index is 11.0. The fourth-order valence-electron chi connectivity index (χ4n) is 1.21. The van der Waals surface area contributed by atoms with Crippen LogP contribution in [-0.4, -0.2) is 50.1 Å². The predicted octanol–water partition coefficient (Wildman–Crippen LogP) is 0.315. The second kappa shape index (κ2) is 7.60. The quantitative estimate of drug-likeness (QED) is 0.591.